The van der Waals surface area contributed by atoms with E-state index in [1.54, 1.807) is 0 Å². The molecule has 1 unspecified atom stereocenters. The van der Waals surface area contributed by atoms with Gasteiger partial charge in [-0.1, -0.05) is 48.5 Å². The summed E-state index contributed by atoms with van der Waals surface area (Å²) in [6, 6.07) is 15.0. The SMILES string of the molecule is COC1(C(NC(=O)OCC2c3ccccc3-c3ccccc32)C(=O)O)CCC1. The van der Waals surface area contributed by atoms with Crippen LogP contribution in [-0.2, 0) is 14.3 Å². The molecule has 0 aliphatic heterocycles. The van der Waals surface area contributed by atoms with E-state index in [1.807, 2.05) is 36.4 Å². The highest BCUT2D eigenvalue weighted by Gasteiger charge is 2.49. The Morgan fingerprint density at radius 3 is 2.14 bits per heavy atom. The highest BCUT2D eigenvalue weighted by molar-refractivity contribution is 5.82. The Morgan fingerprint density at radius 1 is 1.11 bits per heavy atom. The molecule has 0 saturated heterocycles. The van der Waals surface area contributed by atoms with E-state index in [2.05, 4.69) is 17.4 Å². The average Bonchev–Trinajstić information content (AvgIpc) is 2.99. The molecule has 2 aliphatic rings. The quantitative estimate of drug-likeness (QED) is 0.799. The first-order valence-electron chi connectivity index (χ1n) is 9.45. The Hall–Kier alpha value is -2.86. The number of rotatable bonds is 6. The lowest BCUT2D eigenvalue weighted by molar-refractivity contribution is -0.157. The summed E-state index contributed by atoms with van der Waals surface area (Å²) in [7, 11) is 1.48. The van der Waals surface area contributed by atoms with Crippen molar-refractivity contribution < 1.29 is 24.2 Å². The van der Waals surface area contributed by atoms with E-state index in [-0.39, 0.29) is 12.5 Å². The Kier molecular flexibility index (Phi) is 4.81. The third-order valence-corrected chi connectivity index (χ3v) is 5.99. The summed E-state index contributed by atoms with van der Waals surface area (Å²) < 4.78 is 10.9. The van der Waals surface area contributed by atoms with Crippen molar-refractivity contribution in [2.24, 2.45) is 0 Å². The average molecular weight is 381 g/mol. The zero-order valence-corrected chi connectivity index (χ0v) is 15.7. The molecule has 1 fully saturated rings. The Morgan fingerprint density at radius 2 is 1.68 bits per heavy atom. The van der Waals surface area contributed by atoms with Gasteiger partial charge in [0.2, 0.25) is 0 Å². The number of aliphatic carboxylic acids is 1. The van der Waals surface area contributed by atoms with Gasteiger partial charge < -0.3 is 19.9 Å². The lowest BCUT2D eigenvalue weighted by atomic mass is 9.74. The van der Waals surface area contributed by atoms with Gasteiger partial charge in [-0.05, 0) is 41.5 Å². The number of carboxylic acid groups (broad SMARTS) is 1. The second kappa shape index (κ2) is 7.28. The van der Waals surface area contributed by atoms with Gasteiger partial charge in [0.15, 0.2) is 6.04 Å². The van der Waals surface area contributed by atoms with Crippen LogP contribution in [0.3, 0.4) is 0 Å². The number of amides is 1. The summed E-state index contributed by atoms with van der Waals surface area (Å²) in [5.74, 6) is -1.18. The largest absolute Gasteiger partial charge is 0.480 e. The van der Waals surface area contributed by atoms with Gasteiger partial charge in [0, 0.05) is 13.0 Å². The smallest absolute Gasteiger partial charge is 0.407 e. The molecule has 0 bridgehead atoms. The van der Waals surface area contributed by atoms with Crippen LogP contribution in [0.25, 0.3) is 11.1 Å². The molecule has 1 saturated carbocycles. The van der Waals surface area contributed by atoms with Crippen molar-refractivity contribution in [3.63, 3.8) is 0 Å². The topological polar surface area (TPSA) is 84.9 Å². The second-order valence-electron chi connectivity index (χ2n) is 7.36. The van der Waals surface area contributed by atoms with Gasteiger partial charge in [-0.25, -0.2) is 9.59 Å². The van der Waals surface area contributed by atoms with E-state index in [4.69, 9.17) is 9.47 Å². The third-order valence-electron chi connectivity index (χ3n) is 5.99. The van der Waals surface area contributed by atoms with Gasteiger partial charge in [0.05, 0.1) is 5.60 Å². The summed E-state index contributed by atoms with van der Waals surface area (Å²) in [6.07, 6.45) is 1.34. The van der Waals surface area contributed by atoms with Crippen LogP contribution in [0.4, 0.5) is 4.79 Å². The van der Waals surface area contributed by atoms with Gasteiger partial charge >= 0.3 is 12.1 Å². The highest BCUT2D eigenvalue weighted by Crippen LogP contribution is 2.44. The molecule has 0 spiro atoms. The zero-order valence-electron chi connectivity index (χ0n) is 15.7. The Balaban J connectivity index is 1.47. The predicted molar refractivity (Wildman–Crippen MR) is 103 cm³/mol. The highest BCUT2D eigenvalue weighted by atomic mass is 16.6. The normalized spacial score (nSPS) is 17.8. The van der Waals surface area contributed by atoms with Crippen molar-refractivity contribution >= 4 is 12.1 Å². The maximum atomic E-state index is 12.4. The van der Waals surface area contributed by atoms with Gasteiger partial charge in [-0.2, -0.15) is 0 Å². The van der Waals surface area contributed by atoms with E-state index in [1.165, 1.54) is 7.11 Å². The molecule has 0 heterocycles. The summed E-state index contributed by atoms with van der Waals surface area (Å²) in [4.78, 5) is 24.1. The number of carbonyl (C=O) groups is 2. The molecule has 4 rings (SSSR count). The molecule has 0 aromatic heterocycles. The molecule has 6 nitrogen and oxygen atoms in total. The fourth-order valence-corrected chi connectivity index (χ4v) is 4.31. The van der Waals surface area contributed by atoms with Gasteiger partial charge in [-0.15, -0.1) is 0 Å². The molecule has 2 N–H and O–H groups in total. The maximum absolute atomic E-state index is 12.4. The van der Waals surface area contributed by atoms with Crippen LogP contribution in [0.5, 0.6) is 0 Å². The molecule has 2 aromatic rings. The van der Waals surface area contributed by atoms with Crippen molar-refractivity contribution in [3.05, 3.63) is 59.7 Å². The second-order valence-corrected chi connectivity index (χ2v) is 7.36. The standard InChI is InChI=1S/C22H23NO5/c1-27-22(11-6-12-22)19(20(24)25)23-21(26)28-13-18-16-9-4-2-7-14(16)15-8-3-5-10-17(15)18/h2-5,7-10,18-19H,6,11-13H2,1H3,(H,23,26)(H,24,25). The van der Waals surface area contributed by atoms with Gasteiger partial charge in [-0.3, -0.25) is 0 Å². The molecule has 1 atom stereocenters. The van der Waals surface area contributed by atoms with Crippen LogP contribution < -0.4 is 5.32 Å². The first-order chi connectivity index (χ1) is 13.6. The lowest BCUT2D eigenvalue weighted by Crippen LogP contribution is -2.61. The van der Waals surface area contributed by atoms with Gasteiger partial charge in [0.1, 0.15) is 6.61 Å². The van der Waals surface area contributed by atoms with Crippen molar-refractivity contribution in [1.29, 1.82) is 0 Å². The number of carbonyl (C=O) groups excluding carboxylic acids is 1. The van der Waals surface area contributed by atoms with Crippen molar-refractivity contribution in [1.82, 2.24) is 5.32 Å². The minimum Gasteiger partial charge on any atom is -0.480 e. The molecule has 2 aromatic carbocycles. The lowest BCUT2D eigenvalue weighted by Gasteiger charge is -2.44. The van der Waals surface area contributed by atoms with Gasteiger partial charge in [0.25, 0.3) is 0 Å². The van der Waals surface area contributed by atoms with Crippen LogP contribution >= 0.6 is 0 Å². The molecule has 146 valence electrons. The Bertz CT molecular complexity index is 854. The zero-order chi connectivity index (χ0) is 19.7. The number of methoxy groups -OCH3 is 1. The van der Waals surface area contributed by atoms with Crippen LogP contribution in [0.1, 0.15) is 36.3 Å². The number of fused-ring (bicyclic) bond motifs is 3. The molecule has 28 heavy (non-hydrogen) atoms. The fraction of sp³-hybridized carbons (Fsp3) is 0.364. The van der Waals surface area contributed by atoms with E-state index in [0.717, 1.165) is 28.7 Å². The molecule has 2 aliphatic carbocycles. The van der Waals surface area contributed by atoms with Crippen molar-refractivity contribution in [3.8, 4) is 11.1 Å². The van der Waals surface area contributed by atoms with Crippen LogP contribution in [0.2, 0.25) is 0 Å². The number of ether oxygens (including phenoxy) is 2. The monoisotopic (exact) mass is 381 g/mol. The number of alkyl carbamates (subject to hydrolysis) is 1. The first kappa shape index (κ1) is 18.5. The molecule has 1 amide bonds. The minimum atomic E-state index is -1.12. The number of benzene rings is 2. The molecule has 0 radical (unpaired) electrons. The van der Waals surface area contributed by atoms with Crippen molar-refractivity contribution in [2.45, 2.75) is 36.8 Å². The molecule has 6 heteroatoms. The van der Waals surface area contributed by atoms with Crippen LogP contribution in [-0.4, -0.2) is 42.5 Å². The summed E-state index contributed by atoms with van der Waals surface area (Å²) >= 11 is 0. The van der Waals surface area contributed by atoms with Crippen LogP contribution in [0, 0.1) is 0 Å². The molecular formula is C22H23NO5. The number of hydrogen-bond acceptors (Lipinski definition) is 4. The van der Waals surface area contributed by atoms with Crippen molar-refractivity contribution in [2.75, 3.05) is 13.7 Å². The van der Waals surface area contributed by atoms with E-state index >= 15 is 0 Å². The van der Waals surface area contributed by atoms with E-state index in [0.29, 0.717) is 12.8 Å². The number of hydrogen-bond donors (Lipinski definition) is 2. The summed E-state index contributed by atoms with van der Waals surface area (Å²) in [5, 5.41) is 12.0. The first-order valence-corrected chi connectivity index (χ1v) is 9.45. The van der Waals surface area contributed by atoms with E-state index < -0.39 is 23.7 Å². The predicted octanol–water partition coefficient (Wildman–Crippen LogP) is 3.55. The van der Waals surface area contributed by atoms with Crippen LogP contribution in [0.15, 0.2) is 48.5 Å². The third kappa shape index (κ3) is 3.03. The minimum absolute atomic E-state index is 0.0680. The summed E-state index contributed by atoms with van der Waals surface area (Å²) in [6.45, 7) is 0.145. The fourth-order valence-electron chi connectivity index (χ4n) is 4.31. The molecular weight excluding hydrogens is 358 g/mol. The number of carboxylic acids is 1. The summed E-state index contributed by atoms with van der Waals surface area (Å²) in [5.41, 5.74) is 3.65. The van der Waals surface area contributed by atoms with E-state index in [9.17, 15) is 14.7 Å². The maximum Gasteiger partial charge on any atom is 0.407 e. The Labute approximate surface area is 163 Å². The number of nitrogens with one attached hydrogen (secondary N) is 1.